The Morgan fingerprint density at radius 2 is 2.31 bits per heavy atom. The number of halogens is 1. The van der Waals surface area contributed by atoms with Crippen LogP contribution in [-0.2, 0) is 4.79 Å². The summed E-state index contributed by atoms with van der Waals surface area (Å²) in [5.74, 6) is 0.0353. The first kappa shape index (κ1) is 10.4. The van der Waals surface area contributed by atoms with Crippen molar-refractivity contribution < 1.29 is 4.79 Å². The van der Waals surface area contributed by atoms with Crippen LogP contribution in [0.1, 0.15) is 13.8 Å². The lowest BCUT2D eigenvalue weighted by atomic mass is 10.2. The molecule has 0 atom stereocenters. The molecule has 0 saturated carbocycles. The fourth-order valence-electron chi connectivity index (χ4n) is 0.754. The average molecular weight is 290 g/mol. The molecule has 4 heteroatoms. The largest absolute Gasteiger partial charge is 0.325 e. The highest BCUT2D eigenvalue weighted by Crippen LogP contribution is 2.16. The number of hydrogen-bond donors (Lipinski definition) is 1. The predicted molar refractivity (Wildman–Crippen MR) is 60.4 cm³/mol. The average Bonchev–Trinajstić information content (AvgIpc) is 2.08. The van der Waals surface area contributed by atoms with Crippen molar-refractivity contribution in [1.82, 2.24) is 4.98 Å². The van der Waals surface area contributed by atoms with Crippen LogP contribution in [0.4, 0.5) is 5.69 Å². The van der Waals surface area contributed by atoms with Gasteiger partial charge in [-0.15, -0.1) is 0 Å². The molecule has 0 spiro atoms. The van der Waals surface area contributed by atoms with Gasteiger partial charge >= 0.3 is 0 Å². The lowest BCUT2D eigenvalue weighted by Gasteiger charge is -2.08. The predicted octanol–water partition coefficient (Wildman–Crippen LogP) is 2.28. The summed E-state index contributed by atoms with van der Waals surface area (Å²) in [5, 5.41) is 2.82. The van der Waals surface area contributed by atoms with Crippen molar-refractivity contribution in [3.05, 3.63) is 22.0 Å². The maximum absolute atomic E-state index is 11.3. The molecule has 0 bridgehead atoms. The highest BCUT2D eigenvalue weighted by atomic mass is 127. The topological polar surface area (TPSA) is 42.0 Å². The Morgan fingerprint density at radius 1 is 1.62 bits per heavy atom. The van der Waals surface area contributed by atoms with Crippen LogP contribution in [0.3, 0.4) is 0 Å². The Kier molecular flexibility index (Phi) is 3.65. The second-order valence-electron chi connectivity index (χ2n) is 3.00. The summed E-state index contributed by atoms with van der Waals surface area (Å²) < 4.78 is 0.953. The van der Waals surface area contributed by atoms with Crippen LogP contribution in [-0.4, -0.2) is 10.9 Å². The van der Waals surface area contributed by atoms with Crippen LogP contribution in [0.2, 0.25) is 0 Å². The lowest BCUT2D eigenvalue weighted by Crippen LogP contribution is -2.18. The Labute approximate surface area is 91.1 Å². The van der Waals surface area contributed by atoms with Gasteiger partial charge in [-0.1, -0.05) is 13.8 Å². The zero-order valence-electron chi connectivity index (χ0n) is 7.54. The van der Waals surface area contributed by atoms with Crippen LogP contribution < -0.4 is 5.32 Å². The number of nitrogens with zero attached hydrogens (tertiary/aromatic N) is 1. The third-order valence-corrected chi connectivity index (χ3v) is 2.41. The van der Waals surface area contributed by atoms with Gasteiger partial charge in [0.05, 0.1) is 9.26 Å². The molecule has 0 radical (unpaired) electrons. The van der Waals surface area contributed by atoms with Crippen LogP contribution in [0.15, 0.2) is 18.5 Å². The van der Waals surface area contributed by atoms with Gasteiger partial charge in [-0.05, 0) is 28.7 Å². The summed E-state index contributed by atoms with van der Waals surface area (Å²) in [6.07, 6.45) is 3.38. The van der Waals surface area contributed by atoms with E-state index in [0.29, 0.717) is 0 Å². The summed E-state index contributed by atoms with van der Waals surface area (Å²) in [6, 6.07) is 1.79. The van der Waals surface area contributed by atoms with E-state index in [1.165, 1.54) is 0 Å². The minimum atomic E-state index is 0.00367. The zero-order valence-corrected chi connectivity index (χ0v) is 9.70. The summed E-state index contributed by atoms with van der Waals surface area (Å²) in [7, 11) is 0. The van der Waals surface area contributed by atoms with Crippen molar-refractivity contribution in [2.45, 2.75) is 13.8 Å². The zero-order chi connectivity index (χ0) is 9.84. The maximum Gasteiger partial charge on any atom is 0.226 e. The number of amides is 1. The molecule has 70 valence electrons. The van der Waals surface area contributed by atoms with Crippen molar-refractivity contribution in [3.63, 3.8) is 0 Å². The van der Waals surface area contributed by atoms with E-state index in [-0.39, 0.29) is 11.8 Å². The summed E-state index contributed by atoms with van der Waals surface area (Å²) in [5.41, 5.74) is 0.828. The highest BCUT2D eigenvalue weighted by Gasteiger charge is 2.08. The molecule has 0 aliphatic heterocycles. The molecular weight excluding hydrogens is 279 g/mol. The standard InChI is InChI=1S/C9H11IN2O/c1-6(2)9(13)12-8-3-4-11-5-7(8)10/h3-6H,1-2H3,(H,11,12,13). The molecule has 1 aromatic rings. The second kappa shape index (κ2) is 4.55. The molecule has 13 heavy (non-hydrogen) atoms. The van der Waals surface area contributed by atoms with Gasteiger partial charge in [0.1, 0.15) is 0 Å². The third kappa shape index (κ3) is 2.95. The Bertz CT molecular complexity index is 312. The number of anilines is 1. The second-order valence-corrected chi connectivity index (χ2v) is 4.16. The first-order valence-corrected chi connectivity index (χ1v) is 5.09. The van der Waals surface area contributed by atoms with Crippen molar-refractivity contribution in [1.29, 1.82) is 0 Å². The molecule has 3 nitrogen and oxygen atoms in total. The van der Waals surface area contributed by atoms with Crippen molar-refractivity contribution in [2.75, 3.05) is 5.32 Å². The molecule has 1 amide bonds. The SMILES string of the molecule is CC(C)C(=O)Nc1ccncc1I. The first-order chi connectivity index (χ1) is 6.11. The quantitative estimate of drug-likeness (QED) is 0.849. The van der Waals surface area contributed by atoms with Gasteiger partial charge in [0, 0.05) is 18.3 Å². The fourth-order valence-corrected chi connectivity index (χ4v) is 1.23. The Balaban J connectivity index is 2.75. The van der Waals surface area contributed by atoms with Crippen LogP contribution >= 0.6 is 22.6 Å². The normalized spacial score (nSPS) is 10.2. The van der Waals surface area contributed by atoms with Gasteiger partial charge in [-0.2, -0.15) is 0 Å². The molecule has 0 aliphatic rings. The number of nitrogens with one attached hydrogen (secondary N) is 1. The lowest BCUT2D eigenvalue weighted by molar-refractivity contribution is -0.118. The van der Waals surface area contributed by atoms with Crippen molar-refractivity contribution in [2.24, 2.45) is 5.92 Å². The molecule has 1 rings (SSSR count). The fraction of sp³-hybridized carbons (Fsp3) is 0.333. The summed E-state index contributed by atoms with van der Waals surface area (Å²) in [4.78, 5) is 15.3. The number of carbonyl (C=O) groups excluding carboxylic acids is 1. The molecule has 0 fully saturated rings. The number of aromatic nitrogens is 1. The van der Waals surface area contributed by atoms with Gasteiger partial charge in [-0.25, -0.2) is 0 Å². The Hall–Kier alpha value is -0.650. The van der Waals surface area contributed by atoms with E-state index in [1.54, 1.807) is 18.5 Å². The summed E-state index contributed by atoms with van der Waals surface area (Å²) in [6.45, 7) is 3.73. The number of pyridine rings is 1. The first-order valence-electron chi connectivity index (χ1n) is 4.01. The van der Waals surface area contributed by atoms with Gasteiger partial charge in [0.2, 0.25) is 5.91 Å². The van der Waals surface area contributed by atoms with E-state index < -0.39 is 0 Å². The van der Waals surface area contributed by atoms with Crippen LogP contribution in [0.5, 0.6) is 0 Å². The minimum absolute atomic E-state index is 0.00367. The summed E-state index contributed by atoms with van der Waals surface area (Å²) >= 11 is 2.14. The van der Waals surface area contributed by atoms with Gasteiger partial charge in [0.25, 0.3) is 0 Å². The van der Waals surface area contributed by atoms with Crippen LogP contribution in [0, 0.1) is 9.49 Å². The van der Waals surface area contributed by atoms with E-state index in [4.69, 9.17) is 0 Å². The van der Waals surface area contributed by atoms with E-state index in [2.05, 4.69) is 32.9 Å². The van der Waals surface area contributed by atoms with Crippen molar-refractivity contribution in [3.8, 4) is 0 Å². The van der Waals surface area contributed by atoms with E-state index in [1.807, 2.05) is 13.8 Å². The van der Waals surface area contributed by atoms with Crippen LogP contribution in [0.25, 0.3) is 0 Å². The molecule has 1 heterocycles. The molecule has 0 saturated heterocycles. The number of hydrogen-bond acceptors (Lipinski definition) is 2. The molecular formula is C9H11IN2O. The number of rotatable bonds is 2. The van der Waals surface area contributed by atoms with Gasteiger partial charge in [-0.3, -0.25) is 9.78 Å². The molecule has 1 N–H and O–H groups in total. The Morgan fingerprint density at radius 3 is 2.85 bits per heavy atom. The minimum Gasteiger partial charge on any atom is -0.325 e. The van der Waals surface area contributed by atoms with E-state index >= 15 is 0 Å². The van der Waals surface area contributed by atoms with Gasteiger partial charge in [0.15, 0.2) is 0 Å². The monoisotopic (exact) mass is 290 g/mol. The third-order valence-electron chi connectivity index (χ3n) is 1.55. The molecule has 0 aromatic carbocycles. The molecule has 1 aromatic heterocycles. The molecule has 0 unspecified atom stereocenters. The molecule has 0 aliphatic carbocycles. The maximum atomic E-state index is 11.3. The van der Waals surface area contributed by atoms with E-state index in [9.17, 15) is 4.79 Å². The highest BCUT2D eigenvalue weighted by molar-refractivity contribution is 14.1. The smallest absolute Gasteiger partial charge is 0.226 e. The van der Waals surface area contributed by atoms with Gasteiger partial charge < -0.3 is 5.32 Å². The van der Waals surface area contributed by atoms with E-state index in [0.717, 1.165) is 9.26 Å². The number of carbonyl (C=O) groups is 1. The van der Waals surface area contributed by atoms with Crippen molar-refractivity contribution >= 4 is 34.2 Å².